The Morgan fingerprint density at radius 3 is 2.33 bits per heavy atom. The Balaban J connectivity index is 2.13. The molecule has 0 aliphatic heterocycles. The van der Waals surface area contributed by atoms with E-state index >= 15 is 0 Å². The van der Waals surface area contributed by atoms with Gasteiger partial charge in [-0.15, -0.1) is 0 Å². The maximum atomic E-state index is 12.5. The number of benzene rings is 2. The van der Waals surface area contributed by atoms with Crippen molar-refractivity contribution >= 4 is 34.4 Å². The van der Waals surface area contributed by atoms with Crippen molar-refractivity contribution in [2.75, 3.05) is 7.11 Å². The summed E-state index contributed by atoms with van der Waals surface area (Å²) in [6.07, 6.45) is -0.450. The number of hydrogen-bond acceptors (Lipinski definition) is 3. The molecule has 0 bridgehead atoms. The number of ether oxygens (including phenoxy) is 1. The minimum Gasteiger partial charge on any atom is -0.368 e. The SMILES string of the molecule is CO[C@H](C(=O)N[C@H](Cc1ccccc1I)C(N)=O)c1ccccc1. The van der Waals surface area contributed by atoms with Gasteiger partial charge in [0.1, 0.15) is 6.04 Å². The van der Waals surface area contributed by atoms with Crippen molar-refractivity contribution in [1.82, 2.24) is 5.32 Å². The van der Waals surface area contributed by atoms with E-state index in [2.05, 4.69) is 27.9 Å². The molecule has 2 amide bonds. The summed E-state index contributed by atoms with van der Waals surface area (Å²) in [7, 11) is 1.46. The lowest BCUT2D eigenvalue weighted by Crippen LogP contribution is -2.47. The van der Waals surface area contributed by atoms with Crippen molar-refractivity contribution in [2.24, 2.45) is 5.73 Å². The monoisotopic (exact) mass is 438 g/mol. The molecule has 0 aromatic heterocycles. The summed E-state index contributed by atoms with van der Waals surface area (Å²) in [5.74, 6) is -0.968. The van der Waals surface area contributed by atoms with E-state index in [9.17, 15) is 9.59 Å². The quantitative estimate of drug-likeness (QED) is 0.651. The molecule has 2 rings (SSSR count). The molecule has 3 N–H and O–H groups in total. The fourth-order valence-electron chi connectivity index (χ4n) is 2.38. The summed E-state index contributed by atoms with van der Waals surface area (Å²) in [5, 5.41) is 2.70. The molecule has 0 unspecified atom stereocenters. The van der Waals surface area contributed by atoms with Crippen molar-refractivity contribution in [2.45, 2.75) is 18.6 Å². The number of nitrogens with one attached hydrogen (secondary N) is 1. The van der Waals surface area contributed by atoms with Crippen LogP contribution in [0, 0.1) is 3.57 Å². The minimum absolute atomic E-state index is 0.339. The summed E-state index contributed by atoms with van der Waals surface area (Å²) >= 11 is 2.19. The molecule has 126 valence electrons. The van der Waals surface area contributed by atoms with Gasteiger partial charge in [-0.2, -0.15) is 0 Å². The van der Waals surface area contributed by atoms with Crippen LogP contribution in [0.2, 0.25) is 0 Å². The van der Waals surface area contributed by atoms with Crippen LogP contribution in [0.5, 0.6) is 0 Å². The van der Waals surface area contributed by atoms with Crippen LogP contribution in [0.3, 0.4) is 0 Å². The zero-order chi connectivity index (χ0) is 17.5. The minimum atomic E-state index is -0.797. The molecule has 0 spiro atoms. The van der Waals surface area contributed by atoms with E-state index in [4.69, 9.17) is 10.5 Å². The lowest BCUT2D eigenvalue weighted by molar-refractivity contribution is -0.134. The molecule has 6 heteroatoms. The number of hydrogen-bond donors (Lipinski definition) is 2. The number of methoxy groups -OCH3 is 1. The number of nitrogens with two attached hydrogens (primary N) is 1. The van der Waals surface area contributed by atoms with Crippen molar-refractivity contribution < 1.29 is 14.3 Å². The lowest BCUT2D eigenvalue weighted by atomic mass is 10.0. The number of halogens is 1. The van der Waals surface area contributed by atoms with E-state index in [1.165, 1.54) is 7.11 Å². The molecule has 5 nitrogen and oxygen atoms in total. The average molecular weight is 438 g/mol. The predicted octanol–water partition coefficient (Wildman–Crippen LogP) is 2.19. The molecule has 24 heavy (non-hydrogen) atoms. The molecule has 2 atom stereocenters. The Kier molecular flexibility index (Phi) is 6.74. The molecule has 2 aromatic rings. The molecule has 2 aromatic carbocycles. The highest BCUT2D eigenvalue weighted by Gasteiger charge is 2.25. The largest absolute Gasteiger partial charge is 0.368 e. The van der Waals surface area contributed by atoms with Gasteiger partial charge in [-0.1, -0.05) is 48.5 Å². The normalized spacial score (nSPS) is 13.1. The first-order valence-corrected chi connectivity index (χ1v) is 8.51. The maximum Gasteiger partial charge on any atom is 0.254 e. The summed E-state index contributed by atoms with van der Waals surface area (Å²) in [6.45, 7) is 0. The number of amides is 2. The van der Waals surface area contributed by atoms with Gasteiger partial charge in [-0.25, -0.2) is 0 Å². The Bertz CT molecular complexity index is 706. The topological polar surface area (TPSA) is 81.4 Å². The first kappa shape index (κ1) is 18.4. The number of rotatable bonds is 7. The van der Waals surface area contributed by atoms with Gasteiger partial charge < -0.3 is 15.8 Å². The smallest absolute Gasteiger partial charge is 0.254 e. The molecule has 0 saturated carbocycles. The highest BCUT2D eigenvalue weighted by molar-refractivity contribution is 14.1. The zero-order valence-corrected chi connectivity index (χ0v) is 15.4. The Morgan fingerprint density at radius 2 is 1.75 bits per heavy atom. The lowest BCUT2D eigenvalue weighted by Gasteiger charge is -2.21. The van der Waals surface area contributed by atoms with Crippen molar-refractivity contribution in [3.05, 3.63) is 69.3 Å². The zero-order valence-electron chi connectivity index (χ0n) is 13.2. The van der Waals surface area contributed by atoms with Gasteiger partial charge >= 0.3 is 0 Å². The van der Waals surface area contributed by atoms with E-state index in [1.807, 2.05) is 42.5 Å². The van der Waals surface area contributed by atoms with Crippen LogP contribution in [0.15, 0.2) is 54.6 Å². The van der Waals surface area contributed by atoms with Crippen LogP contribution >= 0.6 is 22.6 Å². The molecule has 0 aliphatic carbocycles. The standard InChI is InChI=1S/C18H19IN2O3/c1-24-16(12-7-3-2-4-8-12)18(23)21-15(17(20)22)11-13-9-5-6-10-14(13)19/h2-10,15-16H,11H2,1H3,(H2,20,22)(H,21,23)/t15-,16+/m1/s1. The summed E-state index contributed by atoms with van der Waals surface area (Å²) in [5.41, 5.74) is 7.14. The van der Waals surface area contributed by atoms with Crippen LogP contribution in [-0.4, -0.2) is 25.0 Å². The third-order valence-corrected chi connectivity index (χ3v) is 4.67. The van der Waals surface area contributed by atoms with Gasteiger partial charge in [-0.05, 0) is 39.8 Å². The molecule has 0 fully saturated rings. The summed E-state index contributed by atoms with van der Waals surface area (Å²) in [4.78, 5) is 24.3. The molecule has 0 saturated heterocycles. The Morgan fingerprint density at radius 1 is 1.12 bits per heavy atom. The summed E-state index contributed by atoms with van der Waals surface area (Å²) < 4.78 is 6.30. The van der Waals surface area contributed by atoms with Gasteiger partial charge in [0.15, 0.2) is 6.10 Å². The molecular weight excluding hydrogens is 419 g/mol. The first-order valence-electron chi connectivity index (χ1n) is 7.43. The van der Waals surface area contributed by atoms with Crippen LogP contribution in [0.25, 0.3) is 0 Å². The molecule has 0 heterocycles. The van der Waals surface area contributed by atoms with E-state index in [-0.39, 0.29) is 0 Å². The van der Waals surface area contributed by atoms with E-state index in [0.29, 0.717) is 6.42 Å². The molecular formula is C18H19IN2O3. The second-order valence-corrected chi connectivity index (χ2v) is 6.45. The number of primary amides is 1. The Hall–Kier alpha value is -1.93. The average Bonchev–Trinajstić information content (AvgIpc) is 2.57. The van der Waals surface area contributed by atoms with Gasteiger partial charge in [-0.3, -0.25) is 9.59 Å². The fourth-order valence-corrected chi connectivity index (χ4v) is 2.98. The molecule has 0 aliphatic rings. The van der Waals surface area contributed by atoms with Crippen molar-refractivity contribution in [3.63, 3.8) is 0 Å². The van der Waals surface area contributed by atoms with Crippen LogP contribution in [0.1, 0.15) is 17.2 Å². The van der Waals surface area contributed by atoms with E-state index in [1.54, 1.807) is 12.1 Å². The van der Waals surface area contributed by atoms with E-state index < -0.39 is 24.0 Å². The van der Waals surface area contributed by atoms with Gasteiger partial charge in [0.2, 0.25) is 5.91 Å². The van der Waals surface area contributed by atoms with Gasteiger partial charge in [0, 0.05) is 17.1 Å². The van der Waals surface area contributed by atoms with Crippen molar-refractivity contribution in [3.8, 4) is 0 Å². The third-order valence-electron chi connectivity index (χ3n) is 3.62. The van der Waals surface area contributed by atoms with Crippen LogP contribution in [-0.2, 0) is 20.7 Å². The summed E-state index contributed by atoms with van der Waals surface area (Å²) in [6, 6.07) is 16.0. The number of carbonyl (C=O) groups is 2. The number of carbonyl (C=O) groups excluding carboxylic acids is 2. The van der Waals surface area contributed by atoms with Gasteiger partial charge in [0.05, 0.1) is 0 Å². The Labute approximate surface area is 154 Å². The van der Waals surface area contributed by atoms with Crippen LogP contribution < -0.4 is 11.1 Å². The third kappa shape index (κ3) is 4.78. The highest BCUT2D eigenvalue weighted by atomic mass is 127. The van der Waals surface area contributed by atoms with Crippen molar-refractivity contribution in [1.29, 1.82) is 0 Å². The van der Waals surface area contributed by atoms with Gasteiger partial charge in [0.25, 0.3) is 5.91 Å². The second-order valence-electron chi connectivity index (χ2n) is 5.29. The maximum absolute atomic E-state index is 12.5. The highest BCUT2D eigenvalue weighted by Crippen LogP contribution is 2.18. The fraction of sp³-hybridized carbons (Fsp3) is 0.222. The predicted molar refractivity (Wildman–Crippen MR) is 100 cm³/mol. The molecule has 0 radical (unpaired) electrons. The first-order chi connectivity index (χ1) is 11.5. The second kappa shape index (κ2) is 8.79. The van der Waals surface area contributed by atoms with E-state index in [0.717, 1.165) is 14.7 Å². The van der Waals surface area contributed by atoms with Crippen LogP contribution in [0.4, 0.5) is 0 Å².